The Kier molecular flexibility index (Phi) is 6.17. The van der Waals surface area contributed by atoms with Crippen LogP contribution in [0.4, 0.5) is 0 Å². The summed E-state index contributed by atoms with van der Waals surface area (Å²) < 4.78 is 12.9. The summed E-state index contributed by atoms with van der Waals surface area (Å²) in [5, 5.41) is 9.61. The van der Waals surface area contributed by atoms with Crippen LogP contribution in [0.5, 0.6) is 11.5 Å². The maximum absolute atomic E-state index is 5.75. The highest BCUT2D eigenvalue weighted by Gasteiger charge is 2.12. The number of nitrogens with zero attached hydrogens (tertiary/aromatic N) is 3. The standard InChI is InChI=1S/C20H23N3O2S/c1-15-7-4-5-8-18(15)19-21-22-20(23(19)2)26-14-6-13-25-17-11-9-16(24-3)10-12-17/h4-5,7-12H,6,13-14H2,1-3H3. The van der Waals surface area contributed by atoms with Gasteiger partial charge in [-0.05, 0) is 43.2 Å². The molecule has 6 heteroatoms. The van der Waals surface area contributed by atoms with Gasteiger partial charge < -0.3 is 14.0 Å². The van der Waals surface area contributed by atoms with E-state index in [-0.39, 0.29) is 0 Å². The summed E-state index contributed by atoms with van der Waals surface area (Å²) in [4.78, 5) is 0. The van der Waals surface area contributed by atoms with Crippen molar-refractivity contribution < 1.29 is 9.47 Å². The molecular formula is C20H23N3O2S. The summed E-state index contributed by atoms with van der Waals surface area (Å²) >= 11 is 1.70. The van der Waals surface area contributed by atoms with E-state index in [0.717, 1.165) is 40.2 Å². The normalized spacial score (nSPS) is 10.7. The van der Waals surface area contributed by atoms with Gasteiger partial charge in [-0.1, -0.05) is 36.0 Å². The first-order valence-corrected chi connectivity index (χ1v) is 9.52. The summed E-state index contributed by atoms with van der Waals surface area (Å²) in [5.41, 5.74) is 2.32. The number of aromatic nitrogens is 3. The van der Waals surface area contributed by atoms with Crippen molar-refractivity contribution in [2.45, 2.75) is 18.5 Å². The van der Waals surface area contributed by atoms with Crippen molar-refractivity contribution in [3.8, 4) is 22.9 Å². The first kappa shape index (κ1) is 18.3. The summed E-state index contributed by atoms with van der Waals surface area (Å²) in [5.74, 6) is 3.52. The highest BCUT2D eigenvalue weighted by Crippen LogP contribution is 2.25. The molecule has 0 saturated carbocycles. The van der Waals surface area contributed by atoms with Crippen molar-refractivity contribution in [2.24, 2.45) is 7.05 Å². The van der Waals surface area contributed by atoms with Crippen LogP contribution in [0.25, 0.3) is 11.4 Å². The lowest BCUT2D eigenvalue weighted by Crippen LogP contribution is -2.00. The monoisotopic (exact) mass is 369 g/mol. The van der Waals surface area contributed by atoms with Gasteiger partial charge in [-0.25, -0.2) is 0 Å². The fraction of sp³-hybridized carbons (Fsp3) is 0.300. The lowest BCUT2D eigenvalue weighted by molar-refractivity contribution is 0.318. The second-order valence-electron chi connectivity index (χ2n) is 5.91. The van der Waals surface area contributed by atoms with E-state index >= 15 is 0 Å². The molecule has 0 unspecified atom stereocenters. The number of hydrogen-bond acceptors (Lipinski definition) is 5. The molecule has 0 N–H and O–H groups in total. The Bertz CT molecular complexity index is 847. The first-order valence-electron chi connectivity index (χ1n) is 8.54. The second kappa shape index (κ2) is 8.76. The summed E-state index contributed by atoms with van der Waals surface area (Å²) in [6, 6.07) is 15.9. The van der Waals surface area contributed by atoms with Crippen LogP contribution in [0.1, 0.15) is 12.0 Å². The Labute approximate surface area is 158 Å². The average molecular weight is 369 g/mol. The van der Waals surface area contributed by atoms with Crippen LogP contribution in [-0.2, 0) is 7.05 Å². The van der Waals surface area contributed by atoms with Crippen molar-refractivity contribution in [1.29, 1.82) is 0 Å². The number of ether oxygens (including phenoxy) is 2. The molecule has 0 aliphatic carbocycles. The largest absolute Gasteiger partial charge is 0.497 e. The Morgan fingerprint density at radius 3 is 2.46 bits per heavy atom. The SMILES string of the molecule is COc1ccc(OCCCSc2nnc(-c3ccccc3C)n2C)cc1. The van der Waals surface area contributed by atoms with Crippen LogP contribution in [0, 0.1) is 6.92 Å². The summed E-state index contributed by atoms with van der Waals surface area (Å²) in [6.45, 7) is 2.76. The van der Waals surface area contributed by atoms with Gasteiger partial charge in [0.2, 0.25) is 0 Å². The molecule has 2 aromatic carbocycles. The minimum absolute atomic E-state index is 0.668. The maximum atomic E-state index is 5.75. The number of hydrogen-bond donors (Lipinski definition) is 0. The quantitative estimate of drug-likeness (QED) is 0.436. The van der Waals surface area contributed by atoms with E-state index in [0.29, 0.717) is 6.61 Å². The molecule has 26 heavy (non-hydrogen) atoms. The van der Waals surface area contributed by atoms with Crippen molar-refractivity contribution in [1.82, 2.24) is 14.8 Å². The Balaban J connectivity index is 1.49. The molecular weight excluding hydrogens is 346 g/mol. The molecule has 0 aliphatic rings. The Morgan fingerprint density at radius 2 is 1.73 bits per heavy atom. The molecule has 1 aromatic heterocycles. The Hall–Kier alpha value is -2.47. The van der Waals surface area contributed by atoms with Gasteiger partial charge in [0.1, 0.15) is 11.5 Å². The van der Waals surface area contributed by atoms with Crippen molar-refractivity contribution >= 4 is 11.8 Å². The molecule has 0 aliphatic heterocycles. The van der Waals surface area contributed by atoms with E-state index in [1.54, 1.807) is 18.9 Å². The van der Waals surface area contributed by atoms with E-state index in [9.17, 15) is 0 Å². The minimum atomic E-state index is 0.668. The van der Waals surface area contributed by atoms with Crippen molar-refractivity contribution in [3.63, 3.8) is 0 Å². The Morgan fingerprint density at radius 1 is 1.00 bits per heavy atom. The molecule has 0 spiro atoms. The third-order valence-corrected chi connectivity index (χ3v) is 5.18. The van der Waals surface area contributed by atoms with Gasteiger partial charge in [0.05, 0.1) is 13.7 Å². The van der Waals surface area contributed by atoms with Gasteiger partial charge in [0.25, 0.3) is 0 Å². The van der Waals surface area contributed by atoms with Crippen LogP contribution >= 0.6 is 11.8 Å². The number of benzene rings is 2. The molecule has 136 valence electrons. The number of thioether (sulfide) groups is 1. The maximum Gasteiger partial charge on any atom is 0.191 e. The highest BCUT2D eigenvalue weighted by molar-refractivity contribution is 7.99. The van der Waals surface area contributed by atoms with E-state index in [2.05, 4.69) is 33.8 Å². The molecule has 5 nitrogen and oxygen atoms in total. The topological polar surface area (TPSA) is 49.2 Å². The van der Waals surface area contributed by atoms with Crippen LogP contribution < -0.4 is 9.47 Å². The number of methoxy groups -OCH3 is 1. The number of aryl methyl sites for hydroxylation is 1. The van der Waals surface area contributed by atoms with Gasteiger partial charge in [-0.15, -0.1) is 10.2 Å². The van der Waals surface area contributed by atoms with Gasteiger partial charge >= 0.3 is 0 Å². The van der Waals surface area contributed by atoms with E-state index in [1.165, 1.54) is 5.56 Å². The predicted octanol–water partition coefficient (Wildman–Crippen LogP) is 4.36. The predicted molar refractivity (Wildman–Crippen MR) is 105 cm³/mol. The smallest absolute Gasteiger partial charge is 0.191 e. The molecule has 3 rings (SSSR count). The summed E-state index contributed by atoms with van der Waals surface area (Å²) in [6.07, 6.45) is 0.934. The molecule has 3 aromatic rings. The van der Waals surface area contributed by atoms with Crippen LogP contribution in [-0.4, -0.2) is 34.2 Å². The zero-order valence-corrected chi connectivity index (χ0v) is 16.1. The van der Waals surface area contributed by atoms with Gasteiger partial charge in [0, 0.05) is 18.4 Å². The van der Waals surface area contributed by atoms with E-state index < -0.39 is 0 Å². The number of rotatable bonds is 8. The van der Waals surface area contributed by atoms with Gasteiger partial charge in [0.15, 0.2) is 11.0 Å². The van der Waals surface area contributed by atoms with Crippen molar-refractivity contribution in [3.05, 3.63) is 54.1 Å². The fourth-order valence-electron chi connectivity index (χ4n) is 2.58. The average Bonchev–Trinajstić information content (AvgIpc) is 3.03. The van der Waals surface area contributed by atoms with E-state index in [4.69, 9.17) is 9.47 Å². The first-order chi connectivity index (χ1) is 12.7. The van der Waals surface area contributed by atoms with Gasteiger partial charge in [-0.2, -0.15) is 0 Å². The fourth-order valence-corrected chi connectivity index (χ4v) is 3.41. The van der Waals surface area contributed by atoms with Crippen molar-refractivity contribution in [2.75, 3.05) is 19.5 Å². The molecule has 0 amide bonds. The molecule has 0 fully saturated rings. The zero-order valence-electron chi connectivity index (χ0n) is 15.3. The second-order valence-corrected chi connectivity index (χ2v) is 6.97. The van der Waals surface area contributed by atoms with Gasteiger partial charge in [-0.3, -0.25) is 0 Å². The molecule has 0 radical (unpaired) electrons. The third-order valence-electron chi connectivity index (χ3n) is 4.07. The van der Waals surface area contributed by atoms with Crippen LogP contribution in [0.2, 0.25) is 0 Å². The lowest BCUT2D eigenvalue weighted by atomic mass is 10.1. The molecule has 1 heterocycles. The van der Waals surface area contributed by atoms with Crippen LogP contribution in [0.15, 0.2) is 53.7 Å². The van der Waals surface area contributed by atoms with Crippen LogP contribution in [0.3, 0.4) is 0 Å². The molecule has 0 atom stereocenters. The summed E-state index contributed by atoms with van der Waals surface area (Å²) in [7, 11) is 3.67. The molecule has 0 bridgehead atoms. The highest BCUT2D eigenvalue weighted by atomic mass is 32.2. The molecule has 0 saturated heterocycles. The minimum Gasteiger partial charge on any atom is -0.497 e. The third kappa shape index (κ3) is 4.38. The lowest BCUT2D eigenvalue weighted by Gasteiger charge is -2.07. The van der Waals surface area contributed by atoms with E-state index in [1.807, 2.05) is 43.4 Å². The zero-order chi connectivity index (χ0) is 18.4.